The van der Waals surface area contributed by atoms with Crippen LogP contribution in [0.15, 0.2) is 17.4 Å². The number of thiophene rings is 1. The number of thioether (sulfide) groups is 1. The Bertz CT molecular complexity index is 656. The third-order valence-electron chi connectivity index (χ3n) is 2.60. The number of hydrogen-bond donors (Lipinski definition) is 2. The van der Waals surface area contributed by atoms with Crippen LogP contribution in [0.4, 0.5) is 4.79 Å². The minimum atomic E-state index is -0.848. The molecule has 8 heteroatoms. The number of imide groups is 1. The molecule has 0 radical (unpaired) electrons. The second-order valence-corrected chi connectivity index (χ2v) is 6.52. The zero-order valence-electron chi connectivity index (χ0n) is 11.0. The molecule has 0 spiro atoms. The van der Waals surface area contributed by atoms with Gasteiger partial charge in [0.15, 0.2) is 0 Å². The van der Waals surface area contributed by atoms with E-state index in [9.17, 15) is 9.59 Å². The summed E-state index contributed by atoms with van der Waals surface area (Å²) >= 11 is 2.90. The normalized spacial score (nSPS) is 12.3. The smallest absolute Gasteiger partial charge is 0.318 e. The van der Waals surface area contributed by atoms with Gasteiger partial charge in [-0.15, -0.1) is 11.3 Å². The third-order valence-corrected chi connectivity index (χ3v) is 4.90. The number of hydrogen-bond acceptors (Lipinski definition) is 6. The summed E-state index contributed by atoms with van der Waals surface area (Å²) in [7, 11) is 0. The Labute approximate surface area is 124 Å². The molecule has 2 aromatic rings. The molecule has 1 atom stereocenters. The van der Waals surface area contributed by atoms with Crippen molar-refractivity contribution in [2.24, 2.45) is 5.73 Å². The lowest BCUT2D eigenvalue weighted by Crippen LogP contribution is -2.39. The summed E-state index contributed by atoms with van der Waals surface area (Å²) in [5.41, 5.74) is 4.93. The quantitative estimate of drug-likeness (QED) is 0.664. The van der Waals surface area contributed by atoms with Crippen molar-refractivity contribution >= 4 is 45.3 Å². The summed E-state index contributed by atoms with van der Waals surface area (Å²) in [6, 6.07) is 1.19. The molecule has 6 nitrogen and oxygen atoms in total. The molecule has 0 saturated carbocycles. The fraction of sp³-hybridized carbons (Fsp3) is 0.333. The highest BCUT2D eigenvalue weighted by molar-refractivity contribution is 8.00. The highest BCUT2D eigenvalue weighted by atomic mass is 32.2. The molecule has 106 valence electrons. The van der Waals surface area contributed by atoms with Crippen molar-refractivity contribution in [2.45, 2.75) is 30.5 Å². The van der Waals surface area contributed by atoms with Gasteiger partial charge in [0.05, 0.1) is 5.25 Å². The molecule has 3 amide bonds. The van der Waals surface area contributed by atoms with E-state index in [0.29, 0.717) is 0 Å². The summed E-state index contributed by atoms with van der Waals surface area (Å²) in [6.07, 6.45) is 2.42. The fourth-order valence-corrected chi connectivity index (χ4v) is 3.49. The van der Waals surface area contributed by atoms with Gasteiger partial charge in [0, 0.05) is 10.3 Å². The van der Waals surface area contributed by atoms with Crippen LogP contribution in [0.25, 0.3) is 10.2 Å². The highest BCUT2D eigenvalue weighted by Gasteiger charge is 2.18. The van der Waals surface area contributed by atoms with Crippen LogP contribution >= 0.6 is 23.1 Å². The van der Waals surface area contributed by atoms with Crippen LogP contribution in [0.2, 0.25) is 0 Å². The molecule has 0 bridgehead atoms. The Morgan fingerprint density at radius 2 is 2.25 bits per heavy atom. The monoisotopic (exact) mass is 310 g/mol. The number of nitrogens with two attached hydrogens (primary N) is 1. The van der Waals surface area contributed by atoms with E-state index in [1.807, 2.05) is 6.07 Å². The molecule has 2 rings (SSSR count). The van der Waals surface area contributed by atoms with Crippen LogP contribution in [-0.2, 0) is 11.2 Å². The lowest BCUT2D eigenvalue weighted by atomic mass is 10.3. The molecule has 3 N–H and O–H groups in total. The van der Waals surface area contributed by atoms with E-state index in [2.05, 4.69) is 22.2 Å². The van der Waals surface area contributed by atoms with Crippen molar-refractivity contribution in [3.8, 4) is 0 Å². The largest absolute Gasteiger partial charge is 0.351 e. The number of fused-ring (bicyclic) bond motifs is 1. The molecular formula is C12H14N4O2S2. The maximum atomic E-state index is 11.7. The number of nitrogens with one attached hydrogen (secondary N) is 1. The minimum Gasteiger partial charge on any atom is -0.351 e. The number of amides is 3. The summed E-state index contributed by atoms with van der Waals surface area (Å²) < 4.78 is 0. The van der Waals surface area contributed by atoms with E-state index in [1.54, 1.807) is 18.3 Å². The SMILES string of the molecule is CCc1cc2c(SC(C)C(=O)NC(N)=O)ncnc2s1. The first kappa shape index (κ1) is 14.7. The number of nitrogens with zero attached hydrogens (tertiary/aromatic N) is 2. The average molecular weight is 310 g/mol. The number of aryl methyl sites for hydroxylation is 1. The molecule has 2 heterocycles. The Hall–Kier alpha value is -1.67. The zero-order valence-corrected chi connectivity index (χ0v) is 12.7. The van der Waals surface area contributed by atoms with Gasteiger partial charge in [-0.05, 0) is 19.4 Å². The van der Waals surface area contributed by atoms with Gasteiger partial charge in [-0.2, -0.15) is 0 Å². The standard InChI is InChI=1S/C12H14N4O2S2/c1-3-7-4-8-10(14-5-15-11(8)20-7)19-6(2)9(17)16-12(13)18/h4-6H,3H2,1-2H3,(H3,13,16,17,18). The predicted molar refractivity (Wildman–Crippen MR) is 79.8 cm³/mol. The van der Waals surface area contributed by atoms with Crippen molar-refractivity contribution in [3.63, 3.8) is 0 Å². The average Bonchev–Trinajstić information content (AvgIpc) is 2.82. The Balaban J connectivity index is 2.22. The fourth-order valence-electron chi connectivity index (χ4n) is 1.60. The van der Waals surface area contributed by atoms with Gasteiger partial charge in [-0.1, -0.05) is 18.7 Å². The molecule has 20 heavy (non-hydrogen) atoms. The molecule has 0 aliphatic heterocycles. The number of carbonyl (C=O) groups excluding carboxylic acids is 2. The topological polar surface area (TPSA) is 98.0 Å². The first-order chi connectivity index (χ1) is 9.51. The summed E-state index contributed by atoms with van der Waals surface area (Å²) in [5.74, 6) is -0.430. The number of urea groups is 1. The Kier molecular flexibility index (Phi) is 4.56. The second-order valence-electron chi connectivity index (χ2n) is 4.08. The van der Waals surface area contributed by atoms with E-state index in [1.165, 1.54) is 23.0 Å². The van der Waals surface area contributed by atoms with E-state index in [0.717, 1.165) is 21.7 Å². The molecule has 0 aliphatic carbocycles. The highest BCUT2D eigenvalue weighted by Crippen LogP contribution is 2.32. The van der Waals surface area contributed by atoms with Crippen LogP contribution in [0, 0.1) is 0 Å². The van der Waals surface area contributed by atoms with Crippen molar-refractivity contribution in [1.29, 1.82) is 0 Å². The van der Waals surface area contributed by atoms with Crippen LogP contribution < -0.4 is 11.1 Å². The van der Waals surface area contributed by atoms with Gasteiger partial charge in [0.25, 0.3) is 0 Å². The van der Waals surface area contributed by atoms with Crippen molar-refractivity contribution in [2.75, 3.05) is 0 Å². The van der Waals surface area contributed by atoms with E-state index in [4.69, 9.17) is 5.73 Å². The van der Waals surface area contributed by atoms with E-state index >= 15 is 0 Å². The lowest BCUT2D eigenvalue weighted by Gasteiger charge is -2.09. The molecule has 1 unspecified atom stereocenters. The van der Waals surface area contributed by atoms with Gasteiger partial charge in [-0.25, -0.2) is 14.8 Å². The van der Waals surface area contributed by atoms with E-state index in [-0.39, 0.29) is 0 Å². The number of rotatable bonds is 4. The van der Waals surface area contributed by atoms with Crippen LogP contribution in [-0.4, -0.2) is 27.2 Å². The molecular weight excluding hydrogens is 296 g/mol. The molecule has 2 aromatic heterocycles. The Morgan fingerprint density at radius 3 is 2.90 bits per heavy atom. The zero-order chi connectivity index (χ0) is 14.7. The van der Waals surface area contributed by atoms with Gasteiger partial charge in [-0.3, -0.25) is 10.1 Å². The second kappa shape index (κ2) is 6.19. The molecule has 0 aliphatic rings. The minimum absolute atomic E-state index is 0.430. The van der Waals surface area contributed by atoms with Gasteiger partial charge in [0.1, 0.15) is 16.2 Å². The molecule has 0 saturated heterocycles. The van der Waals surface area contributed by atoms with E-state index < -0.39 is 17.2 Å². The van der Waals surface area contributed by atoms with Gasteiger partial charge < -0.3 is 5.73 Å². The first-order valence-corrected chi connectivity index (χ1v) is 7.71. The van der Waals surface area contributed by atoms with Crippen LogP contribution in [0.3, 0.4) is 0 Å². The van der Waals surface area contributed by atoms with Gasteiger partial charge in [0.2, 0.25) is 5.91 Å². The summed E-state index contributed by atoms with van der Waals surface area (Å²) in [4.78, 5) is 32.9. The third kappa shape index (κ3) is 3.26. The van der Waals surface area contributed by atoms with Crippen LogP contribution in [0.5, 0.6) is 0 Å². The van der Waals surface area contributed by atoms with Crippen molar-refractivity contribution in [3.05, 3.63) is 17.3 Å². The van der Waals surface area contributed by atoms with Crippen molar-refractivity contribution in [1.82, 2.24) is 15.3 Å². The lowest BCUT2D eigenvalue weighted by molar-refractivity contribution is -0.119. The first-order valence-electron chi connectivity index (χ1n) is 6.01. The predicted octanol–water partition coefficient (Wildman–Crippen LogP) is 1.93. The molecule has 0 fully saturated rings. The maximum Gasteiger partial charge on any atom is 0.318 e. The Morgan fingerprint density at radius 1 is 1.50 bits per heavy atom. The molecule has 0 aromatic carbocycles. The number of primary amides is 1. The summed E-state index contributed by atoms with van der Waals surface area (Å²) in [6.45, 7) is 3.78. The number of carbonyl (C=O) groups is 2. The summed E-state index contributed by atoms with van der Waals surface area (Å²) in [5, 5.41) is 3.28. The van der Waals surface area contributed by atoms with Crippen molar-refractivity contribution < 1.29 is 9.59 Å². The van der Waals surface area contributed by atoms with Crippen LogP contribution in [0.1, 0.15) is 18.7 Å². The van der Waals surface area contributed by atoms with Gasteiger partial charge >= 0.3 is 6.03 Å². The maximum absolute atomic E-state index is 11.7. The number of aromatic nitrogens is 2.